The van der Waals surface area contributed by atoms with Gasteiger partial charge < -0.3 is 20.9 Å². The minimum atomic E-state index is -1.02. The van der Waals surface area contributed by atoms with Crippen molar-refractivity contribution in [3.63, 3.8) is 0 Å². The molecule has 10 heteroatoms. The zero-order valence-electron chi connectivity index (χ0n) is 21.7. The first-order valence-corrected chi connectivity index (χ1v) is 13.2. The van der Waals surface area contributed by atoms with Crippen LogP contribution < -0.4 is 16.0 Å². The number of halogens is 1. The summed E-state index contributed by atoms with van der Waals surface area (Å²) in [5.74, 6) is 11.1. The van der Waals surface area contributed by atoms with Crippen LogP contribution in [0.15, 0.2) is 36.7 Å². The van der Waals surface area contributed by atoms with Crippen molar-refractivity contribution in [2.24, 2.45) is 13.0 Å². The molecule has 1 aromatic carbocycles. The first-order valence-electron chi connectivity index (χ1n) is 13.2. The number of alkyl halides is 1. The van der Waals surface area contributed by atoms with Crippen LogP contribution in [0.2, 0.25) is 0 Å². The second-order valence-corrected chi connectivity index (χ2v) is 10.3. The van der Waals surface area contributed by atoms with Crippen LogP contribution in [-0.2, 0) is 16.6 Å². The summed E-state index contributed by atoms with van der Waals surface area (Å²) in [6.45, 7) is 0.853. The van der Waals surface area contributed by atoms with Gasteiger partial charge in [0, 0.05) is 62.4 Å². The van der Waals surface area contributed by atoms with Gasteiger partial charge in [0.2, 0.25) is 11.8 Å². The molecule has 9 nitrogen and oxygen atoms in total. The molecule has 3 aliphatic rings. The molecule has 0 bridgehead atoms. The highest BCUT2D eigenvalue weighted by atomic mass is 19.1. The topological polar surface area (TPSA) is 108 Å². The third-order valence-electron chi connectivity index (χ3n) is 7.19. The highest BCUT2D eigenvalue weighted by Gasteiger charge is 2.42. The number of carbonyl (C=O) groups excluding carboxylic acids is 3. The lowest BCUT2D eigenvalue weighted by molar-refractivity contribution is -0.133. The number of hydrogen-bond acceptors (Lipinski definition) is 5. The Morgan fingerprint density at radius 2 is 1.85 bits per heavy atom. The lowest BCUT2D eigenvalue weighted by Crippen LogP contribution is -2.46. The summed E-state index contributed by atoms with van der Waals surface area (Å²) >= 11 is 0. The van der Waals surface area contributed by atoms with E-state index >= 15 is 0 Å². The minimum absolute atomic E-state index is 0.0316. The van der Waals surface area contributed by atoms with Crippen LogP contribution in [0.25, 0.3) is 0 Å². The lowest BCUT2D eigenvalue weighted by Gasteiger charge is -2.25. The van der Waals surface area contributed by atoms with Gasteiger partial charge in [-0.05, 0) is 61.3 Å². The molecule has 202 valence electrons. The van der Waals surface area contributed by atoms with Crippen LogP contribution in [0.4, 0.5) is 4.39 Å². The summed E-state index contributed by atoms with van der Waals surface area (Å²) < 4.78 is 15.2. The molecule has 1 saturated carbocycles. The van der Waals surface area contributed by atoms with Gasteiger partial charge >= 0.3 is 0 Å². The van der Waals surface area contributed by atoms with E-state index < -0.39 is 12.2 Å². The van der Waals surface area contributed by atoms with Crippen LogP contribution >= 0.6 is 0 Å². The summed E-state index contributed by atoms with van der Waals surface area (Å²) in [4.78, 5) is 40.1. The van der Waals surface area contributed by atoms with Gasteiger partial charge in [-0.2, -0.15) is 5.10 Å². The predicted molar refractivity (Wildman–Crippen MR) is 142 cm³/mol. The number of rotatable bonds is 6. The molecule has 3 amide bonds. The Labute approximate surface area is 226 Å². The summed E-state index contributed by atoms with van der Waals surface area (Å²) in [5.41, 5.74) is 2.00. The molecule has 0 unspecified atom stereocenters. The zero-order valence-corrected chi connectivity index (χ0v) is 21.7. The molecule has 2 aromatic rings. The van der Waals surface area contributed by atoms with Crippen molar-refractivity contribution in [2.45, 2.75) is 50.0 Å². The van der Waals surface area contributed by atoms with E-state index in [1.807, 2.05) is 7.05 Å². The van der Waals surface area contributed by atoms with Crippen LogP contribution in [0, 0.1) is 29.6 Å². The Morgan fingerprint density at radius 1 is 1.10 bits per heavy atom. The molecule has 0 spiro atoms. The SMILES string of the molecule is Cn1cc(C#CC#Cc2ccc(C(=O)NC[C@H]3C[C@@H](NC(=O)[C@@H]4C[C@H](F)CN4)CN3C(=O)C3CC3)cc2)cn1. The van der Waals surface area contributed by atoms with Gasteiger partial charge in [-0.1, -0.05) is 5.92 Å². The Balaban J connectivity index is 1.15. The standard InChI is InChI=1S/C29H31FN6O3/c1-35-17-20(14-33-35)5-3-2-4-19-6-8-21(9-7-19)27(37)32-16-25-13-24(18-36(25)29(39)22-10-11-22)34-28(38)26-12-23(30)15-31-26/h6-9,14,17,22-26,31H,10-13,15-16,18H2,1H3,(H,32,37)(H,34,38)/t23-,24+,25+,26-/m0/s1. The van der Waals surface area contributed by atoms with Crippen molar-refractivity contribution in [3.8, 4) is 23.7 Å². The second-order valence-electron chi connectivity index (χ2n) is 10.3. The number of likely N-dealkylation sites (tertiary alicyclic amines) is 1. The number of hydrogen-bond donors (Lipinski definition) is 3. The molecule has 2 aliphatic heterocycles. The van der Waals surface area contributed by atoms with E-state index in [2.05, 4.69) is 44.7 Å². The van der Waals surface area contributed by atoms with Crippen LogP contribution in [0.1, 0.15) is 47.2 Å². The maximum Gasteiger partial charge on any atom is 0.251 e. The first kappa shape index (κ1) is 26.5. The number of amides is 3. The molecule has 5 rings (SSSR count). The quantitative estimate of drug-likeness (QED) is 0.478. The third-order valence-corrected chi connectivity index (χ3v) is 7.19. The normalized spacial score (nSPS) is 23.8. The van der Waals surface area contributed by atoms with E-state index in [9.17, 15) is 18.8 Å². The van der Waals surface area contributed by atoms with Gasteiger partial charge in [0.05, 0.1) is 23.8 Å². The van der Waals surface area contributed by atoms with E-state index in [1.165, 1.54) is 0 Å². The van der Waals surface area contributed by atoms with E-state index in [-0.39, 0.29) is 55.2 Å². The molecule has 1 aliphatic carbocycles. The fourth-order valence-electron chi connectivity index (χ4n) is 4.95. The van der Waals surface area contributed by atoms with Gasteiger partial charge in [-0.3, -0.25) is 19.1 Å². The van der Waals surface area contributed by atoms with Gasteiger partial charge in [0.15, 0.2) is 0 Å². The van der Waals surface area contributed by atoms with Gasteiger partial charge in [-0.25, -0.2) is 4.39 Å². The molecule has 39 heavy (non-hydrogen) atoms. The van der Waals surface area contributed by atoms with Crippen LogP contribution in [-0.4, -0.2) is 76.3 Å². The van der Waals surface area contributed by atoms with Crippen molar-refractivity contribution in [2.75, 3.05) is 19.6 Å². The summed E-state index contributed by atoms with van der Waals surface area (Å²) in [6.07, 6.45) is 4.89. The molecule has 4 atom stereocenters. The van der Waals surface area contributed by atoms with Gasteiger partial charge in [0.25, 0.3) is 5.91 Å². The monoisotopic (exact) mass is 530 g/mol. The molecule has 3 heterocycles. The predicted octanol–water partition coefficient (Wildman–Crippen LogP) is 0.749. The van der Waals surface area contributed by atoms with Crippen molar-refractivity contribution in [1.29, 1.82) is 0 Å². The van der Waals surface area contributed by atoms with Crippen LogP contribution in [0.5, 0.6) is 0 Å². The molecular formula is C29H31FN6O3. The largest absolute Gasteiger partial charge is 0.350 e. The average Bonchev–Trinajstić information content (AvgIpc) is 3.35. The van der Waals surface area contributed by atoms with E-state index in [0.29, 0.717) is 18.5 Å². The van der Waals surface area contributed by atoms with Crippen molar-refractivity contribution < 1.29 is 18.8 Å². The Kier molecular flexibility index (Phi) is 7.94. The summed E-state index contributed by atoms with van der Waals surface area (Å²) in [7, 11) is 1.82. The maximum atomic E-state index is 13.5. The van der Waals surface area contributed by atoms with Crippen LogP contribution in [0.3, 0.4) is 0 Å². The van der Waals surface area contributed by atoms with Gasteiger partial charge in [-0.15, -0.1) is 0 Å². The number of aromatic nitrogens is 2. The zero-order chi connectivity index (χ0) is 27.4. The molecule has 1 aromatic heterocycles. The van der Waals surface area contributed by atoms with Crippen molar-refractivity contribution >= 4 is 17.7 Å². The highest BCUT2D eigenvalue weighted by molar-refractivity contribution is 5.94. The molecule has 2 saturated heterocycles. The second kappa shape index (κ2) is 11.7. The van der Waals surface area contributed by atoms with Crippen molar-refractivity contribution in [3.05, 3.63) is 53.3 Å². The average molecular weight is 531 g/mol. The highest BCUT2D eigenvalue weighted by Crippen LogP contribution is 2.33. The summed E-state index contributed by atoms with van der Waals surface area (Å²) in [6, 6.07) is 5.92. The smallest absolute Gasteiger partial charge is 0.251 e. The van der Waals surface area contributed by atoms with Gasteiger partial charge in [0.1, 0.15) is 6.17 Å². The minimum Gasteiger partial charge on any atom is -0.350 e. The first-order chi connectivity index (χ1) is 18.9. The number of benzene rings is 1. The Bertz CT molecular complexity index is 1360. The number of nitrogens with one attached hydrogen (secondary N) is 3. The van der Waals surface area contributed by atoms with E-state index in [4.69, 9.17) is 0 Å². The fourth-order valence-corrected chi connectivity index (χ4v) is 4.95. The Hall–Kier alpha value is -4.15. The third kappa shape index (κ3) is 6.84. The molecule has 0 radical (unpaired) electrons. The molecule has 3 fully saturated rings. The molecular weight excluding hydrogens is 499 g/mol. The van der Waals surface area contributed by atoms with E-state index in [0.717, 1.165) is 24.0 Å². The fraction of sp³-hybridized carbons (Fsp3) is 0.448. The van der Waals surface area contributed by atoms with Crippen molar-refractivity contribution in [1.82, 2.24) is 30.6 Å². The number of nitrogens with zero attached hydrogens (tertiary/aromatic N) is 3. The molecule has 3 N–H and O–H groups in total. The lowest BCUT2D eigenvalue weighted by atomic mass is 10.1. The summed E-state index contributed by atoms with van der Waals surface area (Å²) in [5, 5.41) is 12.9. The number of carbonyl (C=O) groups is 3. The number of aryl methyl sites for hydroxylation is 1. The van der Waals surface area contributed by atoms with E-state index in [1.54, 1.807) is 46.2 Å². The Morgan fingerprint density at radius 3 is 2.49 bits per heavy atom. The maximum absolute atomic E-state index is 13.5.